The van der Waals surface area contributed by atoms with Gasteiger partial charge in [-0.2, -0.15) is 0 Å². The standard InChI is InChI=1S/C8H17NO/c1-9(2)7-5-3-4-6-8(7)10/h7-8,10H,3-6H2,1-2H3/t7?,8-/m0/s1. The van der Waals surface area contributed by atoms with E-state index in [0.29, 0.717) is 6.04 Å². The highest BCUT2D eigenvalue weighted by Gasteiger charge is 2.23. The van der Waals surface area contributed by atoms with Crippen LogP contribution in [0.15, 0.2) is 0 Å². The Hall–Kier alpha value is -0.0800. The van der Waals surface area contributed by atoms with Crippen LogP contribution in [0.5, 0.6) is 0 Å². The van der Waals surface area contributed by atoms with Gasteiger partial charge < -0.3 is 10.0 Å². The van der Waals surface area contributed by atoms with Crippen LogP contribution in [-0.4, -0.2) is 36.2 Å². The quantitative estimate of drug-likeness (QED) is 0.588. The van der Waals surface area contributed by atoms with Gasteiger partial charge in [-0.1, -0.05) is 12.8 Å². The molecule has 0 spiro atoms. The summed E-state index contributed by atoms with van der Waals surface area (Å²) in [7, 11) is 4.08. The number of hydrogen-bond donors (Lipinski definition) is 1. The molecule has 2 heteroatoms. The molecule has 0 aromatic carbocycles. The number of rotatable bonds is 1. The molecule has 1 unspecified atom stereocenters. The van der Waals surface area contributed by atoms with Crippen LogP contribution in [0, 0.1) is 0 Å². The van der Waals surface area contributed by atoms with E-state index < -0.39 is 0 Å². The Morgan fingerprint density at radius 1 is 1.20 bits per heavy atom. The van der Waals surface area contributed by atoms with Crippen molar-refractivity contribution in [2.24, 2.45) is 0 Å². The van der Waals surface area contributed by atoms with Crippen LogP contribution >= 0.6 is 0 Å². The first-order valence-electron chi connectivity index (χ1n) is 4.06. The summed E-state index contributed by atoms with van der Waals surface area (Å²) in [4.78, 5) is 2.13. The van der Waals surface area contributed by atoms with Crippen molar-refractivity contribution in [2.45, 2.75) is 37.8 Å². The Balaban J connectivity index is 2.40. The molecular weight excluding hydrogens is 126 g/mol. The summed E-state index contributed by atoms with van der Waals surface area (Å²) in [5, 5.41) is 9.50. The van der Waals surface area contributed by atoms with Gasteiger partial charge in [0.2, 0.25) is 0 Å². The fraction of sp³-hybridized carbons (Fsp3) is 1.00. The lowest BCUT2D eigenvalue weighted by Crippen LogP contribution is -2.41. The molecule has 2 atom stereocenters. The molecule has 1 fully saturated rings. The monoisotopic (exact) mass is 143 g/mol. The predicted molar refractivity (Wildman–Crippen MR) is 41.9 cm³/mol. The van der Waals surface area contributed by atoms with Crippen molar-refractivity contribution in [3.63, 3.8) is 0 Å². The molecule has 0 radical (unpaired) electrons. The Kier molecular flexibility index (Phi) is 2.69. The SMILES string of the molecule is CN(C)C1CCCC[C@@H]1O. The summed E-state index contributed by atoms with van der Waals surface area (Å²) in [6.07, 6.45) is 4.55. The second-order valence-electron chi connectivity index (χ2n) is 3.38. The minimum atomic E-state index is -0.0799. The highest BCUT2D eigenvalue weighted by atomic mass is 16.3. The number of hydrogen-bond acceptors (Lipinski definition) is 2. The number of likely N-dealkylation sites (N-methyl/N-ethyl adjacent to an activating group) is 1. The van der Waals surface area contributed by atoms with Crippen LogP contribution in [0.4, 0.5) is 0 Å². The average Bonchev–Trinajstić information content (AvgIpc) is 1.88. The highest BCUT2D eigenvalue weighted by molar-refractivity contribution is 4.79. The van der Waals surface area contributed by atoms with E-state index in [1.54, 1.807) is 0 Å². The van der Waals surface area contributed by atoms with Crippen molar-refractivity contribution in [2.75, 3.05) is 14.1 Å². The number of aliphatic hydroxyl groups is 1. The van der Waals surface area contributed by atoms with Gasteiger partial charge in [0.1, 0.15) is 0 Å². The second kappa shape index (κ2) is 3.35. The summed E-state index contributed by atoms with van der Waals surface area (Å²) in [5.41, 5.74) is 0. The number of aliphatic hydroxyl groups excluding tert-OH is 1. The van der Waals surface area contributed by atoms with E-state index >= 15 is 0 Å². The molecule has 60 valence electrons. The van der Waals surface area contributed by atoms with E-state index in [2.05, 4.69) is 4.90 Å². The van der Waals surface area contributed by atoms with Gasteiger partial charge in [-0.15, -0.1) is 0 Å². The van der Waals surface area contributed by atoms with Gasteiger partial charge in [0.25, 0.3) is 0 Å². The van der Waals surface area contributed by atoms with Gasteiger partial charge in [0.05, 0.1) is 6.10 Å². The van der Waals surface area contributed by atoms with Crippen LogP contribution in [0.25, 0.3) is 0 Å². The van der Waals surface area contributed by atoms with E-state index in [-0.39, 0.29) is 6.10 Å². The number of nitrogens with zero attached hydrogens (tertiary/aromatic N) is 1. The first kappa shape index (κ1) is 8.02. The fourth-order valence-electron chi connectivity index (χ4n) is 1.69. The minimum Gasteiger partial charge on any atom is -0.391 e. The molecule has 0 saturated heterocycles. The Bertz CT molecular complexity index is 103. The average molecular weight is 143 g/mol. The van der Waals surface area contributed by atoms with Gasteiger partial charge in [0, 0.05) is 6.04 Å². The molecule has 1 rings (SSSR count). The lowest BCUT2D eigenvalue weighted by Gasteiger charge is -2.32. The van der Waals surface area contributed by atoms with E-state index in [4.69, 9.17) is 0 Å². The maximum absolute atomic E-state index is 9.50. The normalized spacial score (nSPS) is 34.8. The lowest BCUT2D eigenvalue weighted by atomic mass is 9.92. The molecule has 0 aliphatic heterocycles. The van der Waals surface area contributed by atoms with E-state index in [1.165, 1.54) is 12.8 Å². The summed E-state index contributed by atoms with van der Waals surface area (Å²) in [5.74, 6) is 0. The Morgan fingerprint density at radius 3 is 2.20 bits per heavy atom. The molecule has 0 aromatic heterocycles. The van der Waals surface area contributed by atoms with Crippen molar-refractivity contribution in [3.8, 4) is 0 Å². The van der Waals surface area contributed by atoms with Crippen LogP contribution in [0.3, 0.4) is 0 Å². The third-order valence-corrected chi connectivity index (χ3v) is 2.36. The molecule has 1 aliphatic rings. The van der Waals surface area contributed by atoms with Crippen LogP contribution in [0.1, 0.15) is 25.7 Å². The molecule has 1 N–H and O–H groups in total. The van der Waals surface area contributed by atoms with Crippen molar-refractivity contribution < 1.29 is 5.11 Å². The van der Waals surface area contributed by atoms with Crippen LogP contribution in [0.2, 0.25) is 0 Å². The third kappa shape index (κ3) is 1.70. The fourth-order valence-corrected chi connectivity index (χ4v) is 1.69. The maximum atomic E-state index is 9.50. The molecule has 0 aromatic rings. The molecule has 1 aliphatic carbocycles. The van der Waals surface area contributed by atoms with Gasteiger partial charge in [0.15, 0.2) is 0 Å². The maximum Gasteiger partial charge on any atom is 0.0695 e. The molecule has 10 heavy (non-hydrogen) atoms. The zero-order valence-electron chi connectivity index (χ0n) is 6.88. The van der Waals surface area contributed by atoms with Crippen molar-refractivity contribution in [3.05, 3.63) is 0 Å². The summed E-state index contributed by atoms with van der Waals surface area (Å²) >= 11 is 0. The van der Waals surface area contributed by atoms with Crippen molar-refractivity contribution in [1.29, 1.82) is 0 Å². The summed E-state index contributed by atoms with van der Waals surface area (Å²) in [6.45, 7) is 0. The van der Waals surface area contributed by atoms with Gasteiger partial charge in [-0.05, 0) is 26.9 Å². The van der Waals surface area contributed by atoms with Crippen LogP contribution < -0.4 is 0 Å². The molecule has 1 saturated carbocycles. The molecular formula is C8H17NO. The largest absolute Gasteiger partial charge is 0.391 e. The molecule has 0 heterocycles. The Morgan fingerprint density at radius 2 is 1.80 bits per heavy atom. The highest BCUT2D eigenvalue weighted by Crippen LogP contribution is 2.20. The minimum absolute atomic E-state index is 0.0799. The molecule has 2 nitrogen and oxygen atoms in total. The van der Waals surface area contributed by atoms with Gasteiger partial charge in [-0.25, -0.2) is 0 Å². The van der Waals surface area contributed by atoms with E-state index in [9.17, 15) is 5.11 Å². The molecule has 0 amide bonds. The lowest BCUT2D eigenvalue weighted by molar-refractivity contribution is 0.0435. The van der Waals surface area contributed by atoms with E-state index in [0.717, 1.165) is 12.8 Å². The Labute approximate surface area is 62.8 Å². The third-order valence-electron chi connectivity index (χ3n) is 2.36. The van der Waals surface area contributed by atoms with Crippen molar-refractivity contribution >= 4 is 0 Å². The van der Waals surface area contributed by atoms with Crippen LogP contribution in [-0.2, 0) is 0 Å². The van der Waals surface area contributed by atoms with Gasteiger partial charge >= 0.3 is 0 Å². The first-order valence-corrected chi connectivity index (χ1v) is 4.06. The summed E-state index contributed by atoms with van der Waals surface area (Å²) in [6, 6.07) is 0.411. The smallest absolute Gasteiger partial charge is 0.0695 e. The van der Waals surface area contributed by atoms with Crippen molar-refractivity contribution in [1.82, 2.24) is 4.90 Å². The first-order chi connectivity index (χ1) is 4.72. The summed E-state index contributed by atoms with van der Waals surface area (Å²) < 4.78 is 0. The topological polar surface area (TPSA) is 23.5 Å². The predicted octanol–water partition coefficient (Wildman–Crippen LogP) is 0.851. The second-order valence-corrected chi connectivity index (χ2v) is 3.38. The van der Waals surface area contributed by atoms with E-state index in [1.807, 2.05) is 14.1 Å². The van der Waals surface area contributed by atoms with Gasteiger partial charge in [-0.3, -0.25) is 0 Å². The zero-order valence-corrected chi connectivity index (χ0v) is 6.88. The molecule has 0 bridgehead atoms. The zero-order chi connectivity index (χ0) is 7.56.